The van der Waals surface area contributed by atoms with E-state index in [0.717, 1.165) is 0 Å². The molecule has 0 spiro atoms. The van der Waals surface area contributed by atoms with Crippen molar-refractivity contribution in [3.8, 4) is 17.4 Å². The summed E-state index contributed by atoms with van der Waals surface area (Å²) in [6.45, 7) is 0. The van der Waals surface area contributed by atoms with E-state index in [-0.39, 0.29) is 23.3 Å². The highest BCUT2D eigenvalue weighted by Crippen LogP contribution is 2.33. The molecule has 0 aliphatic heterocycles. The molecule has 0 aliphatic rings. The number of benzene rings is 1. The van der Waals surface area contributed by atoms with Crippen LogP contribution in [0.2, 0.25) is 0 Å². The molecule has 1 heterocycles. The molecule has 1 aromatic heterocycles. The monoisotopic (exact) mass is 262 g/mol. The van der Waals surface area contributed by atoms with E-state index in [9.17, 15) is 10.1 Å². The number of nitro groups is 1. The molecule has 0 atom stereocenters. The van der Waals surface area contributed by atoms with Gasteiger partial charge in [-0.2, -0.15) is 4.98 Å². The minimum Gasteiger partial charge on any atom is -0.493 e. The second kappa shape index (κ2) is 5.17. The molecule has 98 valence electrons. The smallest absolute Gasteiger partial charge is 0.273 e. The van der Waals surface area contributed by atoms with Gasteiger partial charge in [0.1, 0.15) is 0 Å². The van der Waals surface area contributed by atoms with E-state index < -0.39 is 4.92 Å². The molecule has 0 saturated carbocycles. The zero-order valence-corrected chi connectivity index (χ0v) is 9.94. The first-order chi connectivity index (χ1) is 9.10. The van der Waals surface area contributed by atoms with Gasteiger partial charge in [0.2, 0.25) is 11.8 Å². The molecule has 2 N–H and O–H groups in total. The van der Waals surface area contributed by atoms with Gasteiger partial charge in [-0.3, -0.25) is 10.1 Å². The predicted molar refractivity (Wildman–Crippen MR) is 66.2 cm³/mol. The van der Waals surface area contributed by atoms with Gasteiger partial charge >= 0.3 is 0 Å². The van der Waals surface area contributed by atoms with Crippen LogP contribution in [0.25, 0.3) is 0 Å². The molecule has 0 bridgehead atoms. The molecule has 0 amide bonds. The largest absolute Gasteiger partial charge is 0.493 e. The topological polar surface area (TPSA) is 113 Å². The highest BCUT2D eigenvalue weighted by molar-refractivity contribution is 5.49. The third kappa shape index (κ3) is 2.86. The SMILES string of the molecule is COc1cc([N+](=O)[O-])ccc1Oc1ccnc(N)n1. The Morgan fingerprint density at radius 1 is 1.32 bits per heavy atom. The Morgan fingerprint density at radius 3 is 2.74 bits per heavy atom. The number of anilines is 1. The van der Waals surface area contributed by atoms with Gasteiger partial charge in [0.25, 0.3) is 5.69 Å². The number of aromatic nitrogens is 2. The van der Waals surface area contributed by atoms with Crippen LogP contribution in [0.3, 0.4) is 0 Å². The van der Waals surface area contributed by atoms with Crippen LogP contribution in [0.4, 0.5) is 11.6 Å². The van der Waals surface area contributed by atoms with Gasteiger partial charge in [-0.15, -0.1) is 0 Å². The molecule has 2 rings (SSSR count). The number of methoxy groups -OCH3 is 1. The Bertz CT molecular complexity index is 617. The van der Waals surface area contributed by atoms with Gasteiger partial charge in [-0.05, 0) is 6.07 Å². The molecular formula is C11H10N4O4. The van der Waals surface area contributed by atoms with Gasteiger partial charge in [0.05, 0.1) is 18.1 Å². The first-order valence-electron chi connectivity index (χ1n) is 5.19. The fourth-order valence-electron chi connectivity index (χ4n) is 1.38. The zero-order chi connectivity index (χ0) is 13.8. The van der Waals surface area contributed by atoms with E-state index in [4.69, 9.17) is 15.2 Å². The average Bonchev–Trinajstić information content (AvgIpc) is 2.39. The maximum absolute atomic E-state index is 10.7. The standard InChI is InChI=1S/C11H10N4O4/c1-18-9-6-7(15(16)17)2-3-8(9)19-10-4-5-13-11(12)14-10/h2-6H,1H3,(H2,12,13,14). The number of nitro benzene ring substituents is 1. The van der Waals surface area contributed by atoms with Crippen molar-refractivity contribution in [2.24, 2.45) is 0 Å². The zero-order valence-electron chi connectivity index (χ0n) is 9.94. The van der Waals surface area contributed by atoms with Crippen molar-refractivity contribution in [3.05, 3.63) is 40.6 Å². The molecule has 0 saturated heterocycles. The molecule has 8 heteroatoms. The third-order valence-corrected chi connectivity index (χ3v) is 2.22. The molecular weight excluding hydrogens is 252 g/mol. The Kier molecular flexibility index (Phi) is 3.42. The van der Waals surface area contributed by atoms with Crippen LogP contribution in [0.15, 0.2) is 30.5 Å². The summed E-state index contributed by atoms with van der Waals surface area (Å²) < 4.78 is 10.5. The lowest BCUT2D eigenvalue weighted by Crippen LogP contribution is -1.97. The Balaban J connectivity index is 2.32. The number of ether oxygens (including phenoxy) is 2. The highest BCUT2D eigenvalue weighted by Gasteiger charge is 2.13. The van der Waals surface area contributed by atoms with Crippen LogP contribution in [-0.2, 0) is 0 Å². The number of nitrogen functional groups attached to an aromatic ring is 1. The second-order valence-corrected chi connectivity index (χ2v) is 3.45. The predicted octanol–water partition coefficient (Wildman–Crippen LogP) is 1.77. The van der Waals surface area contributed by atoms with E-state index in [2.05, 4.69) is 9.97 Å². The van der Waals surface area contributed by atoms with Gasteiger partial charge in [-0.1, -0.05) is 0 Å². The highest BCUT2D eigenvalue weighted by atomic mass is 16.6. The van der Waals surface area contributed by atoms with Gasteiger partial charge in [-0.25, -0.2) is 4.98 Å². The minimum atomic E-state index is -0.519. The maximum Gasteiger partial charge on any atom is 0.273 e. The van der Waals surface area contributed by atoms with Crippen LogP contribution in [0.5, 0.6) is 17.4 Å². The van der Waals surface area contributed by atoms with Crippen molar-refractivity contribution >= 4 is 11.6 Å². The normalized spacial score (nSPS) is 9.95. The van der Waals surface area contributed by atoms with Gasteiger partial charge < -0.3 is 15.2 Å². The fourth-order valence-corrected chi connectivity index (χ4v) is 1.38. The number of nitrogens with two attached hydrogens (primary N) is 1. The average molecular weight is 262 g/mol. The van der Waals surface area contributed by atoms with E-state index in [1.807, 2.05) is 0 Å². The van der Waals surface area contributed by atoms with Crippen molar-refractivity contribution in [1.29, 1.82) is 0 Å². The van der Waals surface area contributed by atoms with E-state index in [1.165, 1.54) is 37.6 Å². The van der Waals surface area contributed by atoms with E-state index in [0.29, 0.717) is 5.75 Å². The number of hydrogen-bond acceptors (Lipinski definition) is 7. The maximum atomic E-state index is 10.7. The third-order valence-electron chi connectivity index (χ3n) is 2.22. The van der Waals surface area contributed by atoms with Gasteiger partial charge in [0, 0.05) is 18.3 Å². The Hall–Kier alpha value is -2.90. The lowest BCUT2D eigenvalue weighted by molar-refractivity contribution is -0.384. The Labute approximate surface area is 108 Å². The van der Waals surface area contributed by atoms with Crippen molar-refractivity contribution in [2.75, 3.05) is 12.8 Å². The lowest BCUT2D eigenvalue weighted by Gasteiger charge is -2.09. The van der Waals surface area contributed by atoms with Crippen molar-refractivity contribution in [3.63, 3.8) is 0 Å². The molecule has 0 fully saturated rings. The van der Waals surface area contributed by atoms with Crippen LogP contribution in [-0.4, -0.2) is 22.0 Å². The number of rotatable bonds is 4. The molecule has 2 aromatic rings. The lowest BCUT2D eigenvalue weighted by atomic mass is 10.3. The first-order valence-corrected chi connectivity index (χ1v) is 5.19. The number of non-ortho nitro benzene ring substituents is 1. The van der Waals surface area contributed by atoms with Crippen molar-refractivity contribution in [2.45, 2.75) is 0 Å². The van der Waals surface area contributed by atoms with Gasteiger partial charge in [0.15, 0.2) is 11.5 Å². The summed E-state index contributed by atoms with van der Waals surface area (Å²) in [6.07, 6.45) is 1.44. The van der Waals surface area contributed by atoms with Crippen LogP contribution >= 0.6 is 0 Å². The summed E-state index contributed by atoms with van der Waals surface area (Å²) >= 11 is 0. The molecule has 19 heavy (non-hydrogen) atoms. The van der Waals surface area contributed by atoms with Crippen molar-refractivity contribution < 1.29 is 14.4 Å². The molecule has 0 aliphatic carbocycles. The van der Waals surface area contributed by atoms with E-state index >= 15 is 0 Å². The second-order valence-electron chi connectivity index (χ2n) is 3.45. The quantitative estimate of drug-likeness (QED) is 0.659. The first kappa shape index (κ1) is 12.6. The summed E-state index contributed by atoms with van der Waals surface area (Å²) in [5.74, 6) is 0.815. The molecule has 1 aromatic carbocycles. The fraction of sp³-hybridized carbons (Fsp3) is 0.0909. The van der Waals surface area contributed by atoms with Crippen LogP contribution in [0, 0.1) is 10.1 Å². The molecule has 0 unspecified atom stereocenters. The van der Waals surface area contributed by atoms with E-state index in [1.54, 1.807) is 0 Å². The summed E-state index contributed by atoms with van der Waals surface area (Å²) in [5.41, 5.74) is 5.33. The minimum absolute atomic E-state index is 0.0679. The summed E-state index contributed by atoms with van der Waals surface area (Å²) in [7, 11) is 1.39. The Morgan fingerprint density at radius 2 is 2.11 bits per heavy atom. The number of hydrogen-bond donors (Lipinski definition) is 1. The van der Waals surface area contributed by atoms with Crippen LogP contribution < -0.4 is 15.2 Å². The summed E-state index contributed by atoms with van der Waals surface area (Å²) in [6, 6.07) is 5.51. The number of nitrogens with zero attached hydrogens (tertiary/aromatic N) is 3. The van der Waals surface area contributed by atoms with Crippen molar-refractivity contribution in [1.82, 2.24) is 9.97 Å². The van der Waals surface area contributed by atoms with Crippen LogP contribution in [0.1, 0.15) is 0 Å². The molecule has 8 nitrogen and oxygen atoms in total. The summed E-state index contributed by atoms with van der Waals surface area (Å²) in [5, 5.41) is 10.7. The molecule has 0 radical (unpaired) electrons. The summed E-state index contributed by atoms with van der Waals surface area (Å²) in [4.78, 5) is 17.7.